The van der Waals surface area contributed by atoms with Crippen LogP contribution >= 0.6 is 0 Å². The van der Waals surface area contributed by atoms with Crippen molar-refractivity contribution in [2.45, 2.75) is 0 Å². The van der Waals surface area contributed by atoms with Crippen molar-refractivity contribution < 1.29 is 0 Å². The summed E-state index contributed by atoms with van der Waals surface area (Å²) >= 11 is 0. The minimum absolute atomic E-state index is 0.241. The van der Waals surface area contributed by atoms with Crippen LogP contribution in [0.15, 0.2) is 59.3 Å². The third-order valence-electron chi connectivity index (χ3n) is 1.11. The number of hydrogen-bond acceptors (Lipinski definition) is 11. The van der Waals surface area contributed by atoms with Crippen molar-refractivity contribution in [3.8, 4) is 0 Å². The number of aromatic nitrogens is 4. The van der Waals surface area contributed by atoms with E-state index >= 15 is 0 Å². The Hall–Kier alpha value is -2.79. The van der Waals surface area contributed by atoms with Gasteiger partial charge in [-0.2, -0.15) is 5.21 Å². The molecule has 12 heteroatoms. The average Bonchev–Trinajstić information content (AvgIpc) is 3.06. The summed E-state index contributed by atoms with van der Waals surface area (Å²) in [5.41, 5.74) is 0. The van der Waals surface area contributed by atoms with Crippen molar-refractivity contribution in [3.63, 3.8) is 0 Å². The van der Waals surface area contributed by atoms with Gasteiger partial charge in [-0.05, 0) is 20.9 Å². The van der Waals surface area contributed by atoms with E-state index in [0.717, 1.165) is 0 Å². The molecule has 1 aromatic rings. The normalized spacial score (nSPS) is 16.0. The van der Waals surface area contributed by atoms with Crippen molar-refractivity contribution in [3.05, 3.63) is 18.0 Å². The largest absolute Gasteiger partial charge is 0.248 e. The molecule has 15 heavy (non-hydrogen) atoms. The molecule has 74 valence electrons. The molecule has 0 aliphatic carbocycles. The van der Waals surface area contributed by atoms with Crippen LogP contribution in [0.25, 0.3) is 0 Å². The number of nitrogens with zero attached hydrogens (tertiary/aromatic N) is 11. The molecule has 2 aliphatic heterocycles. The number of tetrazole rings is 1. The van der Waals surface area contributed by atoms with E-state index in [1.54, 1.807) is 0 Å². The van der Waals surface area contributed by atoms with E-state index in [-0.39, 0.29) is 11.6 Å². The maximum atomic E-state index is 3.48. The summed E-state index contributed by atoms with van der Waals surface area (Å²) in [5, 5.41) is 39.0. The first-order valence-corrected chi connectivity index (χ1v) is 3.51. The Balaban J connectivity index is 0.000000144. The summed E-state index contributed by atoms with van der Waals surface area (Å²) in [7, 11) is 0. The Morgan fingerprint density at radius 1 is 0.800 bits per heavy atom. The lowest BCUT2D eigenvalue weighted by atomic mass is 10.7. The van der Waals surface area contributed by atoms with Crippen LogP contribution in [0.2, 0.25) is 0 Å². The first-order chi connectivity index (χ1) is 7.47. The number of nitrogens with one attached hydrogen (secondary N) is 1. The first kappa shape index (κ1) is 8.79. The van der Waals surface area contributed by atoms with E-state index in [1.807, 2.05) is 0 Å². The second-order valence-electron chi connectivity index (χ2n) is 1.97. The summed E-state index contributed by atoms with van der Waals surface area (Å²) in [4.78, 5) is 0. The number of hydrogen-bond donors (Lipinski definition) is 1. The molecule has 0 atom stereocenters. The van der Waals surface area contributed by atoms with Gasteiger partial charge in [0.15, 0.2) is 6.33 Å². The second kappa shape index (κ2) is 4.45. The van der Waals surface area contributed by atoms with Gasteiger partial charge in [0.1, 0.15) is 0 Å². The van der Waals surface area contributed by atoms with Gasteiger partial charge in [-0.3, -0.25) is 0 Å². The molecule has 2 aliphatic rings. The summed E-state index contributed by atoms with van der Waals surface area (Å²) in [6.07, 6.45) is 1.33. The first-order valence-electron chi connectivity index (χ1n) is 3.51. The molecule has 0 saturated carbocycles. The zero-order valence-electron chi connectivity index (χ0n) is 7.00. The minimum Gasteiger partial charge on any atom is -0.177 e. The fourth-order valence-electron chi connectivity index (χ4n) is 0.597. The fourth-order valence-corrected chi connectivity index (χ4v) is 0.597. The van der Waals surface area contributed by atoms with E-state index in [1.165, 1.54) is 6.33 Å². The van der Waals surface area contributed by atoms with Gasteiger partial charge in [0.2, 0.25) is 11.6 Å². The lowest BCUT2D eigenvalue weighted by Crippen LogP contribution is -1.71. The van der Waals surface area contributed by atoms with Gasteiger partial charge < -0.3 is 0 Å². The van der Waals surface area contributed by atoms with Gasteiger partial charge in [-0.25, -0.2) is 0 Å². The van der Waals surface area contributed by atoms with Crippen molar-refractivity contribution >= 4 is 0 Å². The predicted octanol–water partition coefficient (Wildman–Crippen LogP) is 0.979. The Morgan fingerprint density at radius 2 is 1.33 bits per heavy atom. The van der Waals surface area contributed by atoms with Crippen LogP contribution in [0.1, 0.15) is 0 Å². The summed E-state index contributed by atoms with van der Waals surface area (Å²) in [5.74, 6) is 0.481. The van der Waals surface area contributed by atoms with Crippen molar-refractivity contribution in [1.29, 1.82) is 0 Å². The number of H-pyrrole nitrogens is 1. The molecule has 0 aromatic carbocycles. The smallest absolute Gasteiger partial charge is 0.177 e. The van der Waals surface area contributed by atoms with Gasteiger partial charge in [-0.15, -0.1) is 30.7 Å². The molecule has 0 radical (unpaired) electrons. The van der Waals surface area contributed by atoms with Crippen LogP contribution in [0, 0.1) is 0 Å². The molecular formula is C3H2N12. The van der Waals surface area contributed by atoms with Crippen molar-refractivity contribution in [2.24, 2.45) is 41.4 Å². The second-order valence-corrected chi connectivity index (χ2v) is 1.97. The topological polar surface area (TPSA) is 153 Å². The van der Waals surface area contributed by atoms with Crippen LogP contribution in [-0.2, 0) is 0 Å². The molecule has 0 saturated heterocycles. The lowest BCUT2D eigenvalue weighted by molar-refractivity contribution is 0.881. The Labute approximate surface area is 81.0 Å². The van der Waals surface area contributed by atoms with Crippen LogP contribution in [0.5, 0.6) is 0 Å². The molecule has 1 aromatic heterocycles. The average molecular weight is 206 g/mol. The Morgan fingerprint density at radius 3 is 1.60 bits per heavy atom. The Kier molecular flexibility index (Phi) is 2.61. The third kappa shape index (κ3) is 2.33. The van der Waals surface area contributed by atoms with Crippen molar-refractivity contribution in [1.82, 2.24) is 20.6 Å². The summed E-state index contributed by atoms with van der Waals surface area (Å²) in [6, 6.07) is 0. The highest BCUT2D eigenvalue weighted by molar-refractivity contribution is 5.08. The van der Waals surface area contributed by atoms with E-state index in [9.17, 15) is 0 Å². The molecule has 0 fully saturated rings. The van der Waals surface area contributed by atoms with Crippen molar-refractivity contribution in [2.75, 3.05) is 0 Å². The van der Waals surface area contributed by atoms with E-state index in [4.69, 9.17) is 0 Å². The molecule has 12 nitrogen and oxygen atoms in total. The molecule has 0 amide bonds. The van der Waals surface area contributed by atoms with Gasteiger partial charge in [0.05, 0.1) is 0 Å². The van der Waals surface area contributed by atoms with Gasteiger partial charge in [0.25, 0.3) is 0 Å². The van der Waals surface area contributed by atoms with Crippen LogP contribution in [-0.4, -0.2) is 20.6 Å². The molecule has 1 N–H and O–H groups in total. The number of aromatic amines is 1. The van der Waals surface area contributed by atoms with Crippen LogP contribution < -0.4 is 0 Å². The zero-order valence-corrected chi connectivity index (χ0v) is 7.00. The highest BCUT2D eigenvalue weighted by Crippen LogP contribution is 2.19. The molecule has 0 bridgehead atoms. The number of rotatable bonds is 0. The van der Waals surface area contributed by atoms with E-state index < -0.39 is 0 Å². The zero-order chi connectivity index (χ0) is 10.3. The molecule has 3 heterocycles. The van der Waals surface area contributed by atoms with Gasteiger partial charge in [-0.1, -0.05) is 5.21 Å². The van der Waals surface area contributed by atoms with E-state index in [0.29, 0.717) is 0 Å². The lowest BCUT2D eigenvalue weighted by Gasteiger charge is -1.79. The predicted molar refractivity (Wildman–Crippen MR) is 40.6 cm³/mol. The van der Waals surface area contributed by atoms with Gasteiger partial charge >= 0.3 is 0 Å². The molecule has 0 unspecified atom stereocenters. The maximum absolute atomic E-state index is 3.48. The Bertz CT molecular complexity index is 370. The molecule has 0 spiro atoms. The molecular weight excluding hydrogens is 204 g/mol. The SMILES string of the molecule is N1=NC(=C2N=NN=N2)N=N1.c1nn[nH]n1. The van der Waals surface area contributed by atoms with Gasteiger partial charge in [0, 0.05) is 0 Å². The fraction of sp³-hybridized carbons (Fsp3) is 0. The standard InChI is InChI=1S/C2N8.CH2N4/c3-1(4-8-7-3)2-5-9-10-6-2;1-2-4-5-3-1/h;1H,(H,2,3,4,5). The van der Waals surface area contributed by atoms with E-state index in [2.05, 4.69) is 62.0 Å². The van der Waals surface area contributed by atoms with Crippen LogP contribution in [0.3, 0.4) is 0 Å². The molecule has 3 rings (SSSR count). The minimum atomic E-state index is 0.241. The maximum Gasteiger partial charge on any atom is 0.248 e. The highest BCUT2D eigenvalue weighted by atomic mass is 15.6. The highest BCUT2D eigenvalue weighted by Gasteiger charge is 2.10. The quantitative estimate of drug-likeness (QED) is 0.672. The summed E-state index contributed by atoms with van der Waals surface area (Å²) < 4.78 is 0. The third-order valence-corrected chi connectivity index (χ3v) is 1.11. The monoisotopic (exact) mass is 206 g/mol. The summed E-state index contributed by atoms with van der Waals surface area (Å²) in [6.45, 7) is 0. The van der Waals surface area contributed by atoms with Crippen LogP contribution in [0.4, 0.5) is 0 Å².